The molecule has 0 bridgehead atoms. The Kier molecular flexibility index (Phi) is 8.99. The number of nitrogens with one attached hydrogen (secondary N) is 2. The number of hydrogen-bond donors (Lipinski definition) is 2. The number of ether oxygens (including phenoxy) is 1. The lowest BCUT2D eigenvalue weighted by atomic mass is 10.0. The fraction of sp³-hybridized carbons (Fsp3) is 0.579. The normalized spacial score (nSPS) is 12.1. The van der Waals surface area contributed by atoms with Crippen LogP contribution in [0.15, 0.2) is 24.3 Å². The number of benzene rings is 1. The van der Waals surface area contributed by atoms with Gasteiger partial charge >= 0.3 is 0 Å². The quantitative estimate of drug-likeness (QED) is 0.633. The first-order valence-electron chi connectivity index (χ1n) is 8.81. The Hall–Kier alpha value is -2.08. The maximum atomic E-state index is 12.4. The Bertz CT molecular complexity index is 541. The third kappa shape index (κ3) is 7.56. The minimum absolute atomic E-state index is 0.000460. The van der Waals surface area contributed by atoms with Gasteiger partial charge in [-0.15, -0.1) is 0 Å². The molecule has 0 saturated heterocycles. The van der Waals surface area contributed by atoms with Gasteiger partial charge in [-0.2, -0.15) is 0 Å². The van der Waals surface area contributed by atoms with Crippen LogP contribution >= 0.6 is 0 Å². The minimum atomic E-state index is -0.557. The number of hydrogen-bond acceptors (Lipinski definition) is 4. The van der Waals surface area contributed by atoms with Gasteiger partial charge in [0.1, 0.15) is 11.8 Å². The Morgan fingerprint density at radius 2 is 1.80 bits per heavy atom. The Labute approximate surface area is 150 Å². The van der Waals surface area contributed by atoms with Crippen LogP contribution in [-0.4, -0.2) is 56.5 Å². The second kappa shape index (κ2) is 10.7. The maximum absolute atomic E-state index is 12.4. The molecule has 0 aliphatic rings. The van der Waals surface area contributed by atoms with Gasteiger partial charge in [-0.25, -0.2) is 0 Å². The van der Waals surface area contributed by atoms with Crippen molar-refractivity contribution in [3.05, 3.63) is 29.8 Å². The molecular weight excluding hydrogens is 318 g/mol. The zero-order valence-electron chi connectivity index (χ0n) is 16.0. The van der Waals surface area contributed by atoms with Gasteiger partial charge in [0.2, 0.25) is 5.91 Å². The molecule has 0 aromatic heterocycles. The number of rotatable bonds is 10. The molecule has 0 aliphatic carbocycles. The lowest BCUT2D eigenvalue weighted by Crippen LogP contribution is -2.50. The van der Waals surface area contributed by atoms with Crippen LogP contribution < -0.4 is 15.4 Å². The van der Waals surface area contributed by atoms with Crippen molar-refractivity contribution in [1.82, 2.24) is 15.5 Å². The zero-order chi connectivity index (χ0) is 18.8. The number of nitrogens with zero attached hydrogens (tertiary/aromatic N) is 1. The highest BCUT2D eigenvalue weighted by atomic mass is 16.5. The van der Waals surface area contributed by atoms with Crippen LogP contribution in [0.3, 0.4) is 0 Å². The average Bonchev–Trinajstić information content (AvgIpc) is 2.56. The summed E-state index contributed by atoms with van der Waals surface area (Å²) in [4.78, 5) is 26.9. The number of amides is 2. The molecule has 1 unspecified atom stereocenters. The first kappa shape index (κ1) is 21.0. The largest absolute Gasteiger partial charge is 0.494 e. The third-order valence-corrected chi connectivity index (χ3v) is 3.74. The van der Waals surface area contributed by atoms with E-state index >= 15 is 0 Å². The summed E-state index contributed by atoms with van der Waals surface area (Å²) >= 11 is 0. The standard InChI is InChI=1S/C19H31N3O3/c1-6-25-16-10-8-15(9-11-16)18(23)21-17(14(2)3)19(24)20-12-7-13-22(4)5/h8-11,14,17H,6-7,12-13H2,1-5H3,(H,20,24)(H,21,23). The van der Waals surface area contributed by atoms with E-state index in [9.17, 15) is 9.59 Å². The van der Waals surface area contributed by atoms with Gasteiger partial charge in [0.25, 0.3) is 5.91 Å². The van der Waals surface area contributed by atoms with Gasteiger partial charge in [-0.1, -0.05) is 13.8 Å². The van der Waals surface area contributed by atoms with Crippen molar-refractivity contribution in [1.29, 1.82) is 0 Å². The second-order valence-electron chi connectivity index (χ2n) is 6.60. The molecule has 2 amide bonds. The predicted octanol–water partition coefficient (Wildman–Crippen LogP) is 1.91. The first-order valence-corrected chi connectivity index (χ1v) is 8.81. The van der Waals surface area contributed by atoms with Gasteiger partial charge in [-0.3, -0.25) is 9.59 Å². The molecule has 1 rings (SSSR count). The summed E-state index contributed by atoms with van der Waals surface area (Å²) in [7, 11) is 3.99. The van der Waals surface area contributed by atoms with Crippen LogP contribution in [0.25, 0.3) is 0 Å². The molecule has 1 aromatic rings. The molecule has 0 heterocycles. The van der Waals surface area contributed by atoms with Gasteiger partial charge in [0.15, 0.2) is 0 Å². The Morgan fingerprint density at radius 3 is 2.32 bits per heavy atom. The van der Waals surface area contributed by atoms with E-state index < -0.39 is 6.04 Å². The second-order valence-corrected chi connectivity index (χ2v) is 6.60. The fourth-order valence-corrected chi connectivity index (χ4v) is 2.35. The Balaban J connectivity index is 2.60. The van der Waals surface area contributed by atoms with Crippen molar-refractivity contribution < 1.29 is 14.3 Å². The van der Waals surface area contributed by atoms with Gasteiger partial charge < -0.3 is 20.3 Å². The van der Waals surface area contributed by atoms with Crippen molar-refractivity contribution >= 4 is 11.8 Å². The molecule has 140 valence electrons. The molecule has 6 nitrogen and oxygen atoms in total. The molecule has 1 atom stereocenters. The van der Waals surface area contributed by atoms with Crippen LogP contribution in [-0.2, 0) is 4.79 Å². The van der Waals surface area contributed by atoms with Crippen molar-refractivity contribution in [2.24, 2.45) is 5.92 Å². The highest BCUT2D eigenvalue weighted by molar-refractivity contribution is 5.97. The fourth-order valence-electron chi connectivity index (χ4n) is 2.35. The lowest BCUT2D eigenvalue weighted by molar-refractivity contribution is -0.123. The van der Waals surface area contributed by atoms with Crippen molar-refractivity contribution in [2.75, 3.05) is 33.8 Å². The summed E-state index contributed by atoms with van der Waals surface area (Å²) in [6, 6.07) is 6.35. The molecule has 1 aromatic carbocycles. The van der Waals surface area contributed by atoms with E-state index in [1.807, 2.05) is 34.9 Å². The van der Waals surface area contributed by atoms with Crippen LogP contribution in [0.2, 0.25) is 0 Å². The van der Waals surface area contributed by atoms with Crippen molar-refractivity contribution in [2.45, 2.75) is 33.2 Å². The maximum Gasteiger partial charge on any atom is 0.251 e. The van der Waals surface area contributed by atoms with E-state index in [1.165, 1.54) is 0 Å². The van der Waals surface area contributed by atoms with E-state index in [-0.39, 0.29) is 17.7 Å². The van der Waals surface area contributed by atoms with E-state index in [1.54, 1.807) is 24.3 Å². The van der Waals surface area contributed by atoms with Crippen LogP contribution in [0.4, 0.5) is 0 Å². The number of carbonyl (C=O) groups is 2. The van der Waals surface area contributed by atoms with Crippen molar-refractivity contribution in [3.8, 4) is 5.75 Å². The Morgan fingerprint density at radius 1 is 1.16 bits per heavy atom. The van der Waals surface area contributed by atoms with Gasteiger partial charge in [0.05, 0.1) is 6.61 Å². The van der Waals surface area contributed by atoms with E-state index in [2.05, 4.69) is 15.5 Å². The van der Waals surface area contributed by atoms with Crippen LogP contribution in [0, 0.1) is 5.92 Å². The van der Waals surface area contributed by atoms with E-state index in [0.29, 0.717) is 18.7 Å². The van der Waals surface area contributed by atoms with E-state index in [4.69, 9.17) is 4.74 Å². The molecule has 2 N–H and O–H groups in total. The summed E-state index contributed by atoms with van der Waals surface area (Å²) in [5.41, 5.74) is 0.509. The molecular formula is C19H31N3O3. The summed E-state index contributed by atoms with van der Waals surface area (Å²) < 4.78 is 5.37. The van der Waals surface area contributed by atoms with Crippen LogP contribution in [0.1, 0.15) is 37.6 Å². The number of carbonyl (C=O) groups excluding carboxylic acids is 2. The zero-order valence-corrected chi connectivity index (χ0v) is 16.0. The summed E-state index contributed by atoms with van der Waals surface area (Å²) in [5.74, 6) is 0.317. The highest BCUT2D eigenvalue weighted by Gasteiger charge is 2.24. The third-order valence-electron chi connectivity index (χ3n) is 3.74. The van der Waals surface area contributed by atoms with E-state index in [0.717, 1.165) is 18.7 Å². The van der Waals surface area contributed by atoms with Gasteiger partial charge in [0, 0.05) is 12.1 Å². The summed E-state index contributed by atoms with van der Waals surface area (Å²) in [6.07, 6.45) is 0.871. The molecule has 0 saturated carbocycles. The molecule has 25 heavy (non-hydrogen) atoms. The van der Waals surface area contributed by atoms with Crippen LogP contribution in [0.5, 0.6) is 5.75 Å². The molecule has 6 heteroatoms. The summed E-state index contributed by atoms with van der Waals surface area (Å²) in [6.45, 7) is 7.83. The van der Waals surface area contributed by atoms with Crippen molar-refractivity contribution in [3.63, 3.8) is 0 Å². The molecule has 0 aliphatic heterocycles. The summed E-state index contributed by atoms with van der Waals surface area (Å²) in [5, 5.41) is 5.73. The molecule has 0 spiro atoms. The first-order chi connectivity index (χ1) is 11.8. The minimum Gasteiger partial charge on any atom is -0.494 e. The predicted molar refractivity (Wildman–Crippen MR) is 99.9 cm³/mol. The monoisotopic (exact) mass is 349 g/mol. The molecule has 0 radical (unpaired) electrons. The average molecular weight is 349 g/mol. The van der Waals surface area contributed by atoms with Gasteiger partial charge in [-0.05, 0) is 64.2 Å². The smallest absolute Gasteiger partial charge is 0.251 e. The lowest BCUT2D eigenvalue weighted by Gasteiger charge is -2.22. The highest BCUT2D eigenvalue weighted by Crippen LogP contribution is 2.13. The molecule has 0 fully saturated rings. The topological polar surface area (TPSA) is 70.7 Å². The SMILES string of the molecule is CCOc1ccc(C(=O)NC(C(=O)NCCCN(C)C)C(C)C)cc1.